The second-order valence-corrected chi connectivity index (χ2v) is 6.66. The molecule has 0 aromatic carbocycles. The van der Waals surface area contributed by atoms with Gasteiger partial charge in [-0.1, -0.05) is 0 Å². The van der Waals surface area contributed by atoms with Crippen molar-refractivity contribution in [3.63, 3.8) is 0 Å². The summed E-state index contributed by atoms with van der Waals surface area (Å²) < 4.78 is 1.96. The quantitative estimate of drug-likeness (QED) is 0.933. The van der Waals surface area contributed by atoms with Crippen LogP contribution < -0.4 is 5.32 Å². The first-order valence-electron chi connectivity index (χ1n) is 8.22. The predicted molar refractivity (Wildman–Crippen MR) is 91.5 cm³/mol. The largest absolute Gasteiger partial charge is 0.367 e. The smallest absolute Gasteiger partial charge is 0.134 e. The fourth-order valence-electron chi connectivity index (χ4n) is 3.30. The van der Waals surface area contributed by atoms with E-state index >= 15 is 0 Å². The second-order valence-electron chi connectivity index (χ2n) is 6.66. The molecule has 0 amide bonds. The molecule has 1 aliphatic heterocycles. The van der Waals surface area contributed by atoms with E-state index in [-0.39, 0.29) is 0 Å². The summed E-state index contributed by atoms with van der Waals surface area (Å²) in [6.45, 7) is 8.39. The van der Waals surface area contributed by atoms with Crippen LogP contribution in [0, 0.1) is 13.8 Å². The Morgan fingerprint density at radius 1 is 1.26 bits per heavy atom. The zero-order valence-corrected chi connectivity index (χ0v) is 14.7. The highest BCUT2D eigenvalue weighted by molar-refractivity contribution is 5.47. The lowest BCUT2D eigenvalue weighted by Crippen LogP contribution is -2.30. The highest BCUT2D eigenvalue weighted by Gasteiger charge is 2.20. The van der Waals surface area contributed by atoms with Crippen LogP contribution in [0.1, 0.15) is 35.1 Å². The number of fused-ring (bicyclic) bond motifs is 1. The standard InChI is InChI=1S/C17H26N6/c1-11(8-14-12(2)21-23(5)13(14)3)20-17-15-9-22(4)7-6-16(15)18-10-19-17/h10-11H,6-9H2,1-5H3,(H,18,19,20). The van der Waals surface area contributed by atoms with Crippen LogP contribution in [-0.4, -0.2) is 44.3 Å². The summed E-state index contributed by atoms with van der Waals surface area (Å²) in [6, 6.07) is 0.294. The molecule has 0 fully saturated rings. The predicted octanol–water partition coefficient (Wildman–Crippen LogP) is 1.86. The molecule has 0 saturated carbocycles. The molecule has 1 atom stereocenters. The van der Waals surface area contributed by atoms with Crippen molar-refractivity contribution < 1.29 is 0 Å². The molecule has 0 aliphatic carbocycles. The van der Waals surface area contributed by atoms with E-state index in [1.165, 1.54) is 22.5 Å². The fraction of sp³-hybridized carbons (Fsp3) is 0.588. The van der Waals surface area contributed by atoms with Gasteiger partial charge in [-0.25, -0.2) is 9.97 Å². The average Bonchev–Trinajstić information content (AvgIpc) is 2.74. The molecule has 0 spiro atoms. The molecule has 6 nitrogen and oxygen atoms in total. The fourth-order valence-corrected chi connectivity index (χ4v) is 3.30. The minimum Gasteiger partial charge on any atom is -0.367 e. The molecule has 3 heterocycles. The Balaban J connectivity index is 1.77. The van der Waals surface area contributed by atoms with Gasteiger partial charge >= 0.3 is 0 Å². The maximum atomic E-state index is 4.51. The zero-order chi connectivity index (χ0) is 16.6. The summed E-state index contributed by atoms with van der Waals surface area (Å²) in [4.78, 5) is 11.3. The highest BCUT2D eigenvalue weighted by Crippen LogP contribution is 2.23. The Kier molecular flexibility index (Phi) is 4.35. The van der Waals surface area contributed by atoms with Gasteiger partial charge in [0.15, 0.2) is 0 Å². The van der Waals surface area contributed by atoms with E-state index in [2.05, 4.69) is 53.1 Å². The van der Waals surface area contributed by atoms with E-state index in [9.17, 15) is 0 Å². The molecule has 2 aromatic rings. The monoisotopic (exact) mass is 314 g/mol. The van der Waals surface area contributed by atoms with Crippen LogP contribution >= 0.6 is 0 Å². The molecule has 0 bridgehead atoms. The Bertz CT molecular complexity index is 705. The molecular formula is C17H26N6. The number of hydrogen-bond acceptors (Lipinski definition) is 5. The first-order valence-corrected chi connectivity index (χ1v) is 8.22. The lowest BCUT2D eigenvalue weighted by molar-refractivity contribution is 0.309. The lowest BCUT2D eigenvalue weighted by Gasteiger charge is -2.26. The van der Waals surface area contributed by atoms with E-state index in [0.29, 0.717) is 6.04 Å². The van der Waals surface area contributed by atoms with E-state index in [1.807, 2.05) is 11.7 Å². The Morgan fingerprint density at radius 3 is 2.74 bits per heavy atom. The van der Waals surface area contributed by atoms with Crippen LogP contribution in [0.4, 0.5) is 5.82 Å². The minimum absolute atomic E-state index is 0.294. The van der Waals surface area contributed by atoms with Crippen LogP contribution in [0.3, 0.4) is 0 Å². The van der Waals surface area contributed by atoms with Gasteiger partial charge in [-0.15, -0.1) is 0 Å². The van der Waals surface area contributed by atoms with E-state index in [4.69, 9.17) is 0 Å². The summed E-state index contributed by atoms with van der Waals surface area (Å²) in [7, 11) is 4.14. The van der Waals surface area contributed by atoms with Crippen LogP contribution in [0.2, 0.25) is 0 Å². The van der Waals surface area contributed by atoms with Gasteiger partial charge in [-0.3, -0.25) is 4.68 Å². The number of nitrogens with zero attached hydrogens (tertiary/aromatic N) is 5. The number of hydrogen-bond donors (Lipinski definition) is 1. The first-order chi connectivity index (χ1) is 11.0. The summed E-state index contributed by atoms with van der Waals surface area (Å²) in [6.07, 6.45) is 3.62. The van der Waals surface area contributed by atoms with Gasteiger partial charge < -0.3 is 10.2 Å². The van der Waals surface area contributed by atoms with Crippen molar-refractivity contribution in [2.75, 3.05) is 18.9 Å². The summed E-state index contributed by atoms with van der Waals surface area (Å²) in [5, 5.41) is 8.10. The molecular weight excluding hydrogens is 288 g/mol. The maximum absolute atomic E-state index is 4.51. The molecule has 23 heavy (non-hydrogen) atoms. The van der Waals surface area contributed by atoms with Crippen molar-refractivity contribution >= 4 is 5.82 Å². The maximum Gasteiger partial charge on any atom is 0.134 e. The first kappa shape index (κ1) is 15.9. The lowest BCUT2D eigenvalue weighted by atomic mass is 10.0. The normalized spacial score (nSPS) is 16.2. The van der Waals surface area contributed by atoms with Crippen molar-refractivity contribution in [3.8, 4) is 0 Å². The number of anilines is 1. The molecule has 1 N–H and O–H groups in total. The van der Waals surface area contributed by atoms with E-state index in [1.54, 1.807) is 6.33 Å². The number of rotatable bonds is 4. The molecule has 1 unspecified atom stereocenters. The van der Waals surface area contributed by atoms with Gasteiger partial charge in [0.05, 0.1) is 11.4 Å². The van der Waals surface area contributed by atoms with Gasteiger partial charge in [0.1, 0.15) is 12.1 Å². The van der Waals surface area contributed by atoms with Crippen LogP contribution in [0.5, 0.6) is 0 Å². The number of aryl methyl sites for hydroxylation is 2. The third-order valence-corrected chi connectivity index (χ3v) is 4.75. The number of nitrogens with one attached hydrogen (secondary N) is 1. The summed E-state index contributed by atoms with van der Waals surface area (Å²) in [5.74, 6) is 0.980. The van der Waals surface area contributed by atoms with Crippen LogP contribution in [-0.2, 0) is 26.4 Å². The highest BCUT2D eigenvalue weighted by atomic mass is 15.3. The topological polar surface area (TPSA) is 58.9 Å². The van der Waals surface area contributed by atoms with Crippen molar-refractivity contribution in [3.05, 3.63) is 34.5 Å². The average molecular weight is 314 g/mol. The third kappa shape index (κ3) is 3.22. The SMILES string of the molecule is Cc1nn(C)c(C)c1CC(C)Nc1ncnc2c1CN(C)CC2. The van der Waals surface area contributed by atoms with Crippen LogP contribution in [0.25, 0.3) is 0 Å². The van der Waals surface area contributed by atoms with Gasteiger partial charge in [0.2, 0.25) is 0 Å². The van der Waals surface area contributed by atoms with Crippen molar-refractivity contribution in [1.29, 1.82) is 0 Å². The number of aromatic nitrogens is 4. The van der Waals surface area contributed by atoms with Gasteiger partial charge in [0.25, 0.3) is 0 Å². The van der Waals surface area contributed by atoms with Crippen molar-refractivity contribution in [2.45, 2.75) is 46.2 Å². The molecule has 0 radical (unpaired) electrons. The zero-order valence-electron chi connectivity index (χ0n) is 14.7. The van der Waals surface area contributed by atoms with Crippen LogP contribution in [0.15, 0.2) is 6.33 Å². The van der Waals surface area contributed by atoms with Crippen molar-refractivity contribution in [1.82, 2.24) is 24.6 Å². The van der Waals surface area contributed by atoms with Gasteiger partial charge in [-0.2, -0.15) is 5.10 Å². The molecule has 124 valence electrons. The molecule has 0 saturated heterocycles. The van der Waals surface area contributed by atoms with E-state index in [0.717, 1.165) is 37.4 Å². The minimum atomic E-state index is 0.294. The molecule has 1 aliphatic rings. The molecule has 6 heteroatoms. The number of likely N-dealkylation sites (N-methyl/N-ethyl adjacent to an activating group) is 1. The van der Waals surface area contributed by atoms with E-state index < -0.39 is 0 Å². The van der Waals surface area contributed by atoms with Gasteiger partial charge in [-0.05, 0) is 39.8 Å². The van der Waals surface area contributed by atoms with Gasteiger partial charge in [0, 0.05) is 43.9 Å². The Morgan fingerprint density at radius 2 is 2.04 bits per heavy atom. The Labute approximate surface area is 137 Å². The third-order valence-electron chi connectivity index (χ3n) is 4.75. The summed E-state index contributed by atoms with van der Waals surface area (Å²) >= 11 is 0. The Hall–Kier alpha value is -1.95. The summed E-state index contributed by atoms with van der Waals surface area (Å²) in [5.41, 5.74) is 6.10. The van der Waals surface area contributed by atoms with Crippen molar-refractivity contribution in [2.24, 2.45) is 7.05 Å². The second kappa shape index (κ2) is 6.28. The molecule has 3 rings (SSSR count). The molecule has 2 aromatic heterocycles.